The van der Waals surface area contributed by atoms with Crippen LogP contribution in [-0.4, -0.2) is 31.5 Å². The van der Waals surface area contributed by atoms with Crippen LogP contribution in [0.4, 0.5) is 5.69 Å². The normalized spacial score (nSPS) is 11.0. The minimum Gasteiger partial charge on any atom is -0.382 e. The molecule has 0 saturated heterocycles. The molecule has 3 rings (SSSR count). The van der Waals surface area contributed by atoms with E-state index < -0.39 is 5.91 Å². The molecule has 7 nitrogen and oxygen atoms in total. The van der Waals surface area contributed by atoms with Crippen molar-refractivity contribution in [2.45, 2.75) is 19.9 Å². The zero-order valence-corrected chi connectivity index (χ0v) is 12.3. The van der Waals surface area contributed by atoms with Gasteiger partial charge in [-0.2, -0.15) is 5.10 Å². The molecule has 7 heteroatoms. The largest absolute Gasteiger partial charge is 0.382 e. The highest BCUT2D eigenvalue weighted by molar-refractivity contribution is 5.99. The number of carbonyl (C=O) groups is 1. The van der Waals surface area contributed by atoms with Gasteiger partial charge in [0.05, 0.1) is 28.7 Å². The van der Waals surface area contributed by atoms with Gasteiger partial charge in [0.25, 0.3) is 5.91 Å². The molecule has 0 aliphatic carbocycles. The molecule has 0 radical (unpaired) electrons. The fourth-order valence-corrected chi connectivity index (χ4v) is 2.24. The number of rotatable bonds is 4. The topological polar surface area (TPSA) is 98.2 Å². The average molecular weight is 296 g/mol. The Morgan fingerprint density at radius 3 is 2.86 bits per heavy atom. The molecule has 3 aromatic heterocycles. The minimum atomic E-state index is -0.514. The van der Waals surface area contributed by atoms with E-state index in [4.69, 9.17) is 5.73 Å². The molecule has 0 aromatic carbocycles. The maximum absolute atomic E-state index is 11.5. The molecule has 3 aromatic rings. The molecule has 0 saturated carbocycles. The molecular weight excluding hydrogens is 280 g/mol. The monoisotopic (exact) mass is 296 g/mol. The fourth-order valence-electron chi connectivity index (χ4n) is 2.24. The summed E-state index contributed by atoms with van der Waals surface area (Å²) in [4.78, 5) is 20.2. The number of nitrogens with zero attached hydrogens (tertiary/aromatic N) is 4. The molecular formula is C15H16N6O. The van der Waals surface area contributed by atoms with E-state index in [2.05, 4.69) is 20.4 Å². The van der Waals surface area contributed by atoms with Crippen LogP contribution in [0.1, 0.15) is 24.2 Å². The van der Waals surface area contributed by atoms with Gasteiger partial charge in [-0.15, -0.1) is 0 Å². The van der Waals surface area contributed by atoms with Crippen LogP contribution in [0.3, 0.4) is 0 Å². The number of carbonyl (C=O) groups excluding carboxylic acids is 1. The van der Waals surface area contributed by atoms with Gasteiger partial charge in [0.1, 0.15) is 0 Å². The molecule has 0 spiro atoms. The third kappa shape index (κ3) is 2.48. The average Bonchev–Trinajstić information content (AvgIpc) is 2.90. The summed E-state index contributed by atoms with van der Waals surface area (Å²) in [6.07, 6.45) is 6.70. The van der Waals surface area contributed by atoms with Crippen LogP contribution in [-0.2, 0) is 0 Å². The van der Waals surface area contributed by atoms with Crippen molar-refractivity contribution < 1.29 is 4.79 Å². The summed E-state index contributed by atoms with van der Waals surface area (Å²) in [6.45, 7) is 3.98. The van der Waals surface area contributed by atoms with Crippen LogP contribution in [0.15, 0.2) is 36.9 Å². The highest BCUT2D eigenvalue weighted by Crippen LogP contribution is 2.26. The zero-order chi connectivity index (χ0) is 15.7. The number of primary amides is 1. The van der Waals surface area contributed by atoms with E-state index in [1.807, 2.05) is 20.0 Å². The molecule has 0 aliphatic heterocycles. The summed E-state index contributed by atoms with van der Waals surface area (Å²) < 4.78 is 1.68. The third-order valence-corrected chi connectivity index (χ3v) is 3.17. The smallest absolute Gasteiger partial charge is 0.252 e. The Morgan fingerprint density at radius 1 is 1.32 bits per heavy atom. The van der Waals surface area contributed by atoms with Crippen LogP contribution in [0.2, 0.25) is 0 Å². The molecule has 0 fully saturated rings. The lowest BCUT2D eigenvalue weighted by molar-refractivity contribution is 0.100. The van der Waals surface area contributed by atoms with Crippen LogP contribution in [0.5, 0.6) is 0 Å². The Labute approximate surface area is 127 Å². The van der Waals surface area contributed by atoms with Crippen molar-refractivity contribution in [2.75, 3.05) is 5.32 Å². The highest BCUT2D eigenvalue weighted by atomic mass is 16.1. The predicted octanol–water partition coefficient (Wildman–Crippen LogP) is 1.71. The lowest BCUT2D eigenvalue weighted by Gasteiger charge is -2.13. The maximum Gasteiger partial charge on any atom is 0.252 e. The van der Waals surface area contributed by atoms with Crippen molar-refractivity contribution in [3.63, 3.8) is 0 Å². The number of hydrogen-bond donors (Lipinski definition) is 2. The zero-order valence-electron chi connectivity index (χ0n) is 12.3. The van der Waals surface area contributed by atoms with E-state index in [0.717, 1.165) is 5.56 Å². The fraction of sp³-hybridized carbons (Fsp3) is 0.200. The standard InChI is InChI=1S/C15H16N6O/c1-9(2)20-13-6-12(18-7-10(13)14(16)22)11-8-19-21-5-3-4-17-15(11)21/h3-9H,1-2H3,(H2,16,22)(H,18,20). The molecule has 0 unspecified atom stereocenters. The SMILES string of the molecule is CC(C)Nc1cc(-c2cnn3cccnc23)ncc1C(N)=O. The first-order valence-corrected chi connectivity index (χ1v) is 6.91. The van der Waals surface area contributed by atoms with E-state index in [9.17, 15) is 4.79 Å². The number of anilines is 1. The summed E-state index contributed by atoms with van der Waals surface area (Å²) in [6, 6.07) is 3.76. The van der Waals surface area contributed by atoms with Crippen molar-refractivity contribution in [2.24, 2.45) is 5.73 Å². The van der Waals surface area contributed by atoms with Gasteiger partial charge in [0, 0.05) is 24.6 Å². The molecule has 1 amide bonds. The van der Waals surface area contributed by atoms with E-state index in [-0.39, 0.29) is 6.04 Å². The van der Waals surface area contributed by atoms with Gasteiger partial charge in [-0.3, -0.25) is 9.78 Å². The number of amides is 1. The second-order valence-corrected chi connectivity index (χ2v) is 5.22. The van der Waals surface area contributed by atoms with E-state index >= 15 is 0 Å². The van der Waals surface area contributed by atoms with Gasteiger partial charge >= 0.3 is 0 Å². The number of nitrogens with two attached hydrogens (primary N) is 1. The number of pyridine rings is 1. The first-order chi connectivity index (χ1) is 10.6. The number of nitrogens with one attached hydrogen (secondary N) is 1. The molecule has 0 aliphatic rings. The van der Waals surface area contributed by atoms with Gasteiger partial charge in [-0.1, -0.05) is 0 Å². The quantitative estimate of drug-likeness (QED) is 0.763. The van der Waals surface area contributed by atoms with Crippen LogP contribution in [0, 0.1) is 0 Å². The maximum atomic E-state index is 11.5. The summed E-state index contributed by atoms with van der Waals surface area (Å²) in [5.41, 5.74) is 8.60. The van der Waals surface area contributed by atoms with Crippen molar-refractivity contribution in [1.82, 2.24) is 19.6 Å². The van der Waals surface area contributed by atoms with Gasteiger partial charge < -0.3 is 11.1 Å². The van der Waals surface area contributed by atoms with Gasteiger partial charge in [0.15, 0.2) is 5.65 Å². The number of fused-ring (bicyclic) bond motifs is 1. The van der Waals surface area contributed by atoms with Crippen LogP contribution < -0.4 is 11.1 Å². The molecule has 0 bridgehead atoms. The van der Waals surface area contributed by atoms with Crippen LogP contribution >= 0.6 is 0 Å². The summed E-state index contributed by atoms with van der Waals surface area (Å²) >= 11 is 0. The van der Waals surface area contributed by atoms with Crippen molar-refractivity contribution in [3.8, 4) is 11.3 Å². The molecule has 112 valence electrons. The minimum absolute atomic E-state index is 0.162. The van der Waals surface area contributed by atoms with E-state index in [1.165, 1.54) is 6.20 Å². The predicted molar refractivity (Wildman–Crippen MR) is 83.5 cm³/mol. The van der Waals surface area contributed by atoms with Gasteiger partial charge in [-0.25, -0.2) is 9.50 Å². The number of aromatic nitrogens is 4. The Kier molecular flexibility index (Phi) is 3.46. The van der Waals surface area contributed by atoms with Crippen molar-refractivity contribution in [1.29, 1.82) is 0 Å². The Balaban J connectivity index is 2.13. The molecule has 3 N–H and O–H groups in total. The molecule has 3 heterocycles. The Hall–Kier alpha value is -2.96. The second kappa shape index (κ2) is 5.44. The third-order valence-electron chi connectivity index (χ3n) is 3.17. The first-order valence-electron chi connectivity index (χ1n) is 6.91. The first kappa shape index (κ1) is 14.0. The Morgan fingerprint density at radius 2 is 2.14 bits per heavy atom. The Bertz CT molecular complexity index is 839. The lowest BCUT2D eigenvalue weighted by atomic mass is 10.1. The number of hydrogen-bond acceptors (Lipinski definition) is 5. The van der Waals surface area contributed by atoms with E-state index in [0.29, 0.717) is 22.6 Å². The van der Waals surface area contributed by atoms with Gasteiger partial charge in [0.2, 0.25) is 0 Å². The van der Waals surface area contributed by atoms with Crippen LogP contribution in [0.25, 0.3) is 16.9 Å². The van der Waals surface area contributed by atoms with Gasteiger partial charge in [-0.05, 0) is 26.0 Å². The molecule has 0 atom stereocenters. The summed E-state index contributed by atoms with van der Waals surface area (Å²) in [5.74, 6) is -0.514. The summed E-state index contributed by atoms with van der Waals surface area (Å²) in [5, 5.41) is 7.46. The van der Waals surface area contributed by atoms with Crippen molar-refractivity contribution >= 4 is 17.2 Å². The summed E-state index contributed by atoms with van der Waals surface area (Å²) in [7, 11) is 0. The highest BCUT2D eigenvalue weighted by Gasteiger charge is 2.14. The van der Waals surface area contributed by atoms with E-state index in [1.54, 1.807) is 29.0 Å². The van der Waals surface area contributed by atoms with Crippen molar-refractivity contribution in [3.05, 3.63) is 42.5 Å². The second-order valence-electron chi connectivity index (χ2n) is 5.22. The lowest BCUT2D eigenvalue weighted by Crippen LogP contribution is -2.18. The molecule has 22 heavy (non-hydrogen) atoms.